The summed E-state index contributed by atoms with van der Waals surface area (Å²) >= 11 is 12.4. The first kappa shape index (κ1) is 22.4. The molecule has 1 fully saturated rings. The number of morpholine rings is 1. The van der Waals surface area contributed by atoms with Crippen LogP contribution in [0.15, 0.2) is 61.2 Å². The van der Waals surface area contributed by atoms with E-state index < -0.39 is 24.4 Å². The Bertz CT molecular complexity index is 939. The number of benzene rings is 2. The molecule has 6 heteroatoms. The number of amides is 1. The van der Waals surface area contributed by atoms with E-state index in [4.69, 9.17) is 34.5 Å². The first-order valence-corrected chi connectivity index (χ1v) is 10.7. The van der Waals surface area contributed by atoms with Gasteiger partial charge in [0.15, 0.2) is 0 Å². The molecule has 2 aromatic carbocycles. The Hall–Kier alpha value is -2.32. The van der Waals surface area contributed by atoms with Crippen molar-refractivity contribution in [2.24, 2.45) is 0 Å². The molecule has 3 rings (SSSR count). The van der Waals surface area contributed by atoms with Gasteiger partial charge in [-0.15, -0.1) is 6.58 Å². The van der Waals surface area contributed by atoms with E-state index in [1.165, 1.54) is 0 Å². The normalized spacial score (nSPS) is 22.4. The molecule has 0 aliphatic carbocycles. The van der Waals surface area contributed by atoms with E-state index in [2.05, 4.69) is 11.4 Å². The molecule has 0 spiro atoms. The smallest absolute Gasteiger partial charge is 0.301 e. The summed E-state index contributed by atoms with van der Waals surface area (Å²) in [4.78, 5) is 18.9. The fourth-order valence-corrected chi connectivity index (χ4v) is 4.19. The van der Waals surface area contributed by atoms with Crippen LogP contribution in [0.1, 0.15) is 49.5 Å². The van der Waals surface area contributed by atoms with Crippen molar-refractivity contribution in [1.82, 2.24) is 4.90 Å². The molecule has 30 heavy (non-hydrogen) atoms. The van der Waals surface area contributed by atoms with Gasteiger partial charge in [-0.25, -0.2) is 6.57 Å². The molecule has 0 aromatic heterocycles. The molecule has 0 bridgehead atoms. The number of rotatable bonds is 7. The Morgan fingerprint density at radius 2 is 1.93 bits per heavy atom. The molecule has 156 valence electrons. The van der Waals surface area contributed by atoms with Gasteiger partial charge in [-0.3, -0.25) is 14.5 Å². The molecule has 0 saturated carbocycles. The van der Waals surface area contributed by atoms with Crippen molar-refractivity contribution < 1.29 is 9.53 Å². The quantitative estimate of drug-likeness (QED) is 0.356. The monoisotopic (exact) mass is 442 g/mol. The average molecular weight is 443 g/mol. The molecule has 4 nitrogen and oxygen atoms in total. The molecule has 0 radical (unpaired) electrons. The maximum atomic E-state index is 13.4. The maximum Gasteiger partial charge on any atom is 0.301 e. The van der Waals surface area contributed by atoms with E-state index in [0.29, 0.717) is 22.9 Å². The average Bonchev–Trinajstić information content (AvgIpc) is 2.74. The first-order valence-electron chi connectivity index (χ1n) is 9.96. The lowest BCUT2D eigenvalue weighted by atomic mass is 9.90. The van der Waals surface area contributed by atoms with Gasteiger partial charge < -0.3 is 4.74 Å². The summed E-state index contributed by atoms with van der Waals surface area (Å²) < 4.78 is 6.32. The molecule has 1 amide bonds. The third kappa shape index (κ3) is 4.70. The van der Waals surface area contributed by atoms with E-state index in [9.17, 15) is 4.79 Å². The summed E-state index contributed by atoms with van der Waals surface area (Å²) in [5, 5.41) is 1.19. The van der Waals surface area contributed by atoms with E-state index in [1.807, 2.05) is 37.3 Å². The van der Waals surface area contributed by atoms with E-state index in [1.54, 1.807) is 29.2 Å². The van der Waals surface area contributed by atoms with E-state index in [-0.39, 0.29) is 5.91 Å². The molecule has 0 unspecified atom stereocenters. The maximum absolute atomic E-state index is 13.4. The van der Waals surface area contributed by atoms with Crippen LogP contribution in [-0.4, -0.2) is 23.1 Å². The summed E-state index contributed by atoms with van der Waals surface area (Å²) in [6, 6.07) is 14.3. The van der Waals surface area contributed by atoms with Gasteiger partial charge >= 0.3 is 6.17 Å². The van der Waals surface area contributed by atoms with Crippen LogP contribution in [0, 0.1) is 6.57 Å². The van der Waals surface area contributed by atoms with Crippen molar-refractivity contribution in [3.63, 3.8) is 0 Å². The number of carbonyl (C=O) groups is 1. The zero-order valence-electron chi connectivity index (χ0n) is 16.8. The molecule has 1 aliphatic rings. The molecule has 2 aromatic rings. The van der Waals surface area contributed by atoms with Crippen molar-refractivity contribution in [2.75, 3.05) is 0 Å². The second kappa shape index (κ2) is 10.1. The Balaban J connectivity index is 2.17. The number of carbonyl (C=O) groups excluding carboxylic acids is 1. The number of halogens is 2. The van der Waals surface area contributed by atoms with Gasteiger partial charge in [-0.1, -0.05) is 60.5 Å². The lowest BCUT2D eigenvalue weighted by molar-refractivity contribution is -0.177. The number of ether oxygens (including phenoxy) is 1. The highest BCUT2D eigenvalue weighted by Gasteiger charge is 2.48. The lowest BCUT2D eigenvalue weighted by Crippen LogP contribution is -2.53. The molecule has 1 saturated heterocycles. The summed E-state index contributed by atoms with van der Waals surface area (Å²) in [5.74, 6) is -0.192. The minimum atomic E-state index is -0.698. The largest absolute Gasteiger partial charge is 0.358 e. The number of hydrogen-bond acceptors (Lipinski definition) is 2. The van der Waals surface area contributed by atoms with Gasteiger partial charge in [0.1, 0.15) is 12.2 Å². The molecular weight excluding hydrogens is 419 g/mol. The number of nitrogens with zero attached hydrogens (tertiary/aromatic N) is 2. The Kier molecular flexibility index (Phi) is 7.55. The molecule has 4 atom stereocenters. The second-order valence-corrected chi connectivity index (χ2v) is 8.14. The van der Waals surface area contributed by atoms with E-state index in [0.717, 1.165) is 17.5 Å². The Morgan fingerprint density at radius 3 is 2.53 bits per heavy atom. The second-order valence-electron chi connectivity index (χ2n) is 7.26. The predicted octanol–water partition coefficient (Wildman–Crippen LogP) is 6.62. The number of hydrogen-bond donors (Lipinski definition) is 0. The van der Waals surface area contributed by atoms with Gasteiger partial charge in [-0.2, -0.15) is 0 Å². The van der Waals surface area contributed by atoms with Crippen molar-refractivity contribution in [3.8, 4) is 0 Å². The van der Waals surface area contributed by atoms with Gasteiger partial charge in [0, 0.05) is 22.9 Å². The Morgan fingerprint density at radius 1 is 1.20 bits per heavy atom. The highest BCUT2D eigenvalue weighted by Crippen LogP contribution is 2.44. The lowest BCUT2D eigenvalue weighted by Gasteiger charge is -2.44. The summed E-state index contributed by atoms with van der Waals surface area (Å²) in [7, 11) is 0. The molecule has 1 heterocycles. The predicted molar refractivity (Wildman–Crippen MR) is 120 cm³/mol. The van der Waals surface area contributed by atoms with E-state index >= 15 is 0 Å². The van der Waals surface area contributed by atoms with Crippen LogP contribution < -0.4 is 0 Å². The third-order valence-corrected chi connectivity index (χ3v) is 5.70. The van der Waals surface area contributed by atoms with Crippen LogP contribution >= 0.6 is 23.2 Å². The minimum absolute atomic E-state index is 0.192. The zero-order valence-corrected chi connectivity index (χ0v) is 18.3. The third-order valence-electron chi connectivity index (χ3n) is 5.21. The molecular formula is C24H24Cl2N2O2. The van der Waals surface area contributed by atoms with Gasteiger partial charge in [-0.05, 0) is 41.8 Å². The van der Waals surface area contributed by atoms with Crippen LogP contribution in [0.5, 0.6) is 0 Å². The topological polar surface area (TPSA) is 33.9 Å². The van der Waals surface area contributed by atoms with Gasteiger partial charge in [0.2, 0.25) is 0 Å². The van der Waals surface area contributed by atoms with Crippen LogP contribution in [0.25, 0.3) is 4.85 Å². The summed E-state index contributed by atoms with van der Waals surface area (Å²) in [6.07, 6.45) is 1.66. The first-order chi connectivity index (χ1) is 14.5. The molecule has 0 N–H and O–H groups in total. The van der Waals surface area contributed by atoms with Crippen LogP contribution in [0.4, 0.5) is 0 Å². The van der Waals surface area contributed by atoms with Crippen LogP contribution in [-0.2, 0) is 9.53 Å². The van der Waals surface area contributed by atoms with Crippen molar-refractivity contribution in [1.29, 1.82) is 0 Å². The van der Waals surface area contributed by atoms with Crippen LogP contribution in [0.2, 0.25) is 10.0 Å². The fourth-order valence-electron chi connectivity index (χ4n) is 3.86. The van der Waals surface area contributed by atoms with Gasteiger partial charge in [0.25, 0.3) is 5.91 Å². The Labute approximate surface area is 187 Å². The SMILES string of the molecule is [C-]#[N+][C@@H](CCC)N1C(=O)[C@@H](CC=C)O[C@H](c2cccc(Cl)c2)[C@@H]1c1ccc(Cl)cc1. The zero-order chi connectivity index (χ0) is 21.7. The van der Waals surface area contributed by atoms with Crippen molar-refractivity contribution in [2.45, 2.75) is 50.6 Å². The minimum Gasteiger partial charge on any atom is -0.358 e. The fraction of sp³-hybridized carbons (Fsp3) is 0.333. The van der Waals surface area contributed by atoms with Crippen molar-refractivity contribution >= 4 is 29.1 Å². The summed E-state index contributed by atoms with van der Waals surface area (Å²) in [5.41, 5.74) is 1.72. The van der Waals surface area contributed by atoms with Crippen molar-refractivity contribution in [3.05, 3.63) is 93.8 Å². The summed E-state index contributed by atoms with van der Waals surface area (Å²) in [6.45, 7) is 13.6. The highest BCUT2D eigenvalue weighted by molar-refractivity contribution is 6.30. The standard InChI is InChI=1S/C24H24Cl2N2O2/c1-4-7-20-24(29)28(21(27-3)8-5-2)22(16-11-13-18(25)14-12-16)23(30-20)17-9-6-10-19(26)15-17/h4,6,9-15,20-23H,1,5,7-8H2,2H3/t20-,21-,22+,23-/m1/s1. The molecule has 1 aliphatic heterocycles. The van der Waals surface area contributed by atoms with Crippen LogP contribution in [0.3, 0.4) is 0 Å². The van der Waals surface area contributed by atoms with Gasteiger partial charge in [0.05, 0.1) is 6.04 Å². The highest BCUT2D eigenvalue weighted by atomic mass is 35.5.